The van der Waals surface area contributed by atoms with Gasteiger partial charge in [0.25, 0.3) is 5.69 Å². The minimum atomic E-state index is -0.360. The van der Waals surface area contributed by atoms with E-state index in [1.165, 1.54) is 6.07 Å². The molecule has 0 atom stereocenters. The first-order chi connectivity index (χ1) is 12.1. The number of benzene rings is 1. The molecule has 136 valence electrons. The summed E-state index contributed by atoms with van der Waals surface area (Å²) in [6.07, 6.45) is 0.566. The van der Waals surface area contributed by atoms with E-state index >= 15 is 0 Å². The Morgan fingerprint density at radius 3 is 2.52 bits per heavy atom. The summed E-state index contributed by atoms with van der Waals surface area (Å²) in [4.78, 5) is 29.2. The minimum absolute atomic E-state index is 0.126. The van der Waals surface area contributed by atoms with Gasteiger partial charge in [0.2, 0.25) is 5.91 Å². The van der Waals surface area contributed by atoms with Crippen LogP contribution in [0, 0.1) is 10.1 Å². The molecule has 0 bridgehead atoms. The van der Waals surface area contributed by atoms with Crippen molar-refractivity contribution in [2.75, 3.05) is 63.8 Å². The summed E-state index contributed by atoms with van der Waals surface area (Å²) in [5, 5.41) is 14.2. The standard InChI is InChI=1S/C17H25N5O3/c23-17(21-8-5-18-6-9-21)4-7-19-10-12-20(13-11-19)15-2-1-3-16(14-15)22(24)25/h1-3,14,18H,4-13H2. The fourth-order valence-corrected chi connectivity index (χ4v) is 3.36. The van der Waals surface area contributed by atoms with Crippen LogP contribution in [0.5, 0.6) is 0 Å². The van der Waals surface area contributed by atoms with E-state index in [0.717, 1.165) is 64.6 Å². The first-order valence-electron chi connectivity index (χ1n) is 8.84. The van der Waals surface area contributed by atoms with Gasteiger partial charge in [-0.05, 0) is 6.07 Å². The highest BCUT2D eigenvalue weighted by Crippen LogP contribution is 2.22. The second kappa shape index (κ2) is 8.26. The predicted octanol–water partition coefficient (Wildman–Crippen LogP) is 0.539. The Kier molecular flexibility index (Phi) is 5.83. The molecule has 0 unspecified atom stereocenters. The van der Waals surface area contributed by atoms with E-state index in [1.807, 2.05) is 11.0 Å². The molecule has 0 aliphatic carbocycles. The maximum atomic E-state index is 12.2. The van der Waals surface area contributed by atoms with Gasteiger partial charge in [-0.1, -0.05) is 6.07 Å². The van der Waals surface area contributed by atoms with E-state index in [4.69, 9.17) is 0 Å². The summed E-state index contributed by atoms with van der Waals surface area (Å²) >= 11 is 0. The average Bonchev–Trinajstić information content (AvgIpc) is 2.67. The second-order valence-electron chi connectivity index (χ2n) is 6.49. The van der Waals surface area contributed by atoms with Gasteiger partial charge in [0, 0.05) is 83.1 Å². The van der Waals surface area contributed by atoms with Crippen LogP contribution < -0.4 is 10.2 Å². The van der Waals surface area contributed by atoms with Gasteiger partial charge in [-0.15, -0.1) is 0 Å². The van der Waals surface area contributed by atoms with Crippen molar-refractivity contribution in [2.24, 2.45) is 0 Å². The highest BCUT2D eigenvalue weighted by Gasteiger charge is 2.21. The van der Waals surface area contributed by atoms with Crippen LogP contribution in [0.3, 0.4) is 0 Å². The van der Waals surface area contributed by atoms with E-state index in [-0.39, 0.29) is 16.5 Å². The van der Waals surface area contributed by atoms with Crippen LogP contribution in [0.2, 0.25) is 0 Å². The van der Waals surface area contributed by atoms with Crippen LogP contribution in [0.4, 0.5) is 11.4 Å². The molecule has 0 spiro atoms. The average molecular weight is 347 g/mol. The quantitative estimate of drug-likeness (QED) is 0.618. The molecule has 1 N–H and O–H groups in total. The number of piperazine rings is 2. The molecule has 2 saturated heterocycles. The van der Waals surface area contributed by atoms with E-state index in [0.29, 0.717) is 6.42 Å². The Balaban J connectivity index is 1.45. The predicted molar refractivity (Wildman–Crippen MR) is 95.8 cm³/mol. The topological polar surface area (TPSA) is 82.0 Å². The third-order valence-corrected chi connectivity index (χ3v) is 4.89. The number of carbonyl (C=O) groups excluding carboxylic acids is 1. The lowest BCUT2D eigenvalue weighted by Crippen LogP contribution is -2.49. The number of non-ortho nitro benzene ring substituents is 1. The van der Waals surface area contributed by atoms with Gasteiger partial charge in [-0.2, -0.15) is 0 Å². The van der Waals surface area contributed by atoms with Crippen LogP contribution in [0.15, 0.2) is 24.3 Å². The van der Waals surface area contributed by atoms with Crippen molar-refractivity contribution in [3.63, 3.8) is 0 Å². The molecule has 3 rings (SSSR count). The van der Waals surface area contributed by atoms with E-state index in [9.17, 15) is 14.9 Å². The molecular formula is C17H25N5O3. The number of hydrogen-bond acceptors (Lipinski definition) is 6. The van der Waals surface area contributed by atoms with E-state index in [2.05, 4.69) is 15.1 Å². The van der Waals surface area contributed by atoms with Gasteiger partial charge in [0.1, 0.15) is 0 Å². The van der Waals surface area contributed by atoms with Crippen LogP contribution >= 0.6 is 0 Å². The number of carbonyl (C=O) groups is 1. The number of hydrogen-bond donors (Lipinski definition) is 1. The molecule has 1 amide bonds. The van der Waals surface area contributed by atoms with Gasteiger partial charge in [-0.3, -0.25) is 19.8 Å². The Hall–Kier alpha value is -2.19. The van der Waals surface area contributed by atoms with E-state index in [1.54, 1.807) is 12.1 Å². The molecular weight excluding hydrogens is 322 g/mol. The van der Waals surface area contributed by atoms with Gasteiger partial charge >= 0.3 is 0 Å². The van der Waals surface area contributed by atoms with Gasteiger partial charge in [0.05, 0.1) is 4.92 Å². The van der Waals surface area contributed by atoms with Gasteiger partial charge < -0.3 is 15.1 Å². The lowest BCUT2D eigenvalue weighted by molar-refractivity contribution is -0.384. The number of nitro benzene ring substituents is 1. The molecule has 0 saturated carbocycles. The summed E-state index contributed by atoms with van der Waals surface area (Å²) in [6, 6.07) is 6.79. The molecule has 2 aliphatic heterocycles. The largest absolute Gasteiger partial charge is 0.369 e. The number of rotatable bonds is 5. The normalized spacial score (nSPS) is 19.0. The van der Waals surface area contributed by atoms with Crippen molar-refractivity contribution in [3.8, 4) is 0 Å². The molecule has 8 nitrogen and oxygen atoms in total. The molecule has 8 heteroatoms. The van der Waals surface area contributed by atoms with Crippen LogP contribution in [-0.4, -0.2) is 79.5 Å². The van der Waals surface area contributed by atoms with Crippen molar-refractivity contribution in [3.05, 3.63) is 34.4 Å². The van der Waals surface area contributed by atoms with Crippen molar-refractivity contribution < 1.29 is 9.72 Å². The monoisotopic (exact) mass is 347 g/mol. The minimum Gasteiger partial charge on any atom is -0.369 e. The smallest absolute Gasteiger partial charge is 0.271 e. The Bertz CT molecular complexity index is 610. The summed E-state index contributed by atoms with van der Waals surface area (Å²) < 4.78 is 0. The summed E-state index contributed by atoms with van der Waals surface area (Å²) in [6.45, 7) is 7.55. The second-order valence-corrected chi connectivity index (χ2v) is 6.49. The SMILES string of the molecule is O=C(CCN1CCN(c2cccc([N+](=O)[O-])c2)CC1)N1CCNCC1. The highest BCUT2D eigenvalue weighted by atomic mass is 16.6. The zero-order chi connectivity index (χ0) is 17.6. The zero-order valence-electron chi connectivity index (χ0n) is 14.4. The number of nitro groups is 1. The molecule has 2 aliphatic rings. The van der Waals surface area contributed by atoms with Crippen molar-refractivity contribution in [1.82, 2.24) is 15.1 Å². The molecule has 2 fully saturated rings. The van der Waals surface area contributed by atoms with Crippen molar-refractivity contribution in [1.29, 1.82) is 0 Å². The molecule has 25 heavy (non-hydrogen) atoms. The Morgan fingerprint density at radius 2 is 1.84 bits per heavy atom. The van der Waals surface area contributed by atoms with Gasteiger partial charge in [0.15, 0.2) is 0 Å². The fraction of sp³-hybridized carbons (Fsp3) is 0.588. The Labute approximate surface area is 147 Å². The maximum Gasteiger partial charge on any atom is 0.271 e. The Morgan fingerprint density at radius 1 is 1.12 bits per heavy atom. The van der Waals surface area contributed by atoms with Crippen molar-refractivity contribution in [2.45, 2.75) is 6.42 Å². The molecule has 0 radical (unpaired) electrons. The van der Waals surface area contributed by atoms with Crippen LogP contribution in [0.25, 0.3) is 0 Å². The first-order valence-corrected chi connectivity index (χ1v) is 8.84. The first kappa shape index (κ1) is 17.6. The molecule has 2 heterocycles. The van der Waals surface area contributed by atoms with Crippen LogP contribution in [-0.2, 0) is 4.79 Å². The zero-order valence-corrected chi connectivity index (χ0v) is 14.4. The number of nitrogens with one attached hydrogen (secondary N) is 1. The summed E-state index contributed by atoms with van der Waals surface area (Å²) in [5.41, 5.74) is 1.02. The number of amides is 1. The number of nitrogens with zero attached hydrogens (tertiary/aromatic N) is 4. The van der Waals surface area contributed by atoms with E-state index < -0.39 is 0 Å². The maximum absolute atomic E-state index is 12.2. The lowest BCUT2D eigenvalue weighted by Gasteiger charge is -2.36. The third kappa shape index (κ3) is 4.67. The third-order valence-electron chi connectivity index (χ3n) is 4.89. The number of anilines is 1. The van der Waals surface area contributed by atoms with Crippen molar-refractivity contribution >= 4 is 17.3 Å². The van der Waals surface area contributed by atoms with Crippen LogP contribution in [0.1, 0.15) is 6.42 Å². The molecule has 1 aromatic carbocycles. The fourth-order valence-electron chi connectivity index (χ4n) is 3.36. The lowest BCUT2D eigenvalue weighted by atomic mass is 10.2. The highest BCUT2D eigenvalue weighted by molar-refractivity contribution is 5.76. The molecule has 1 aromatic rings. The van der Waals surface area contributed by atoms with Gasteiger partial charge in [-0.25, -0.2) is 0 Å². The summed E-state index contributed by atoms with van der Waals surface area (Å²) in [5.74, 6) is 0.239. The molecule has 0 aromatic heterocycles. The summed E-state index contributed by atoms with van der Waals surface area (Å²) in [7, 11) is 0.